The number of benzene rings is 2. The van der Waals surface area contributed by atoms with Crippen LogP contribution in [-0.2, 0) is 0 Å². The number of hydrogen-bond acceptors (Lipinski definition) is 3. The largest absolute Gasteiger partial charge is 0.410 e. The van der Waals surface area contributed by atoms with Crippen LogP contribution >= 0.6 is 27.5 Å². The first-order valence-corrected chi connectivity index (χ1v) is 10.1. The van der Waals surface area contributed by atoms with Crippen molar-refractivity contribution < 1.29 is 18.0 Å². The quantitative estimate of drug-likeness (QED) is 0.450. The number of alkyl halides is 3. The van der Waals surface area contributed by atoms with Crippen LogP contribution in [-0.4, -0.2) is 21.9 Å². The third-order valence-electron chi connectivity index (χ3n) is 4.78. The molecule has 0 radical (unpaired) electrons. The number of carbonyl (C=O) groups is 1. The van der Waals surface area contributed by atoms with E-state index < -0.39 is 24.2 Å². The molecule has 3 aromatic rings. The van der Waals surface area contributed by atoms with E-state index in [1.54, 1.807) is 42.5 Å². The van der Waals surface area contributed by atoms with Crippen LogP contribution in [0.3, 0.4) is 0 Å². The van der Waals surface area contributed by atoms with Crippen LogP contribution in [0.25, 0.3) is 0 Å². The molecule has 0 unspecified atom stereocenters. The normalized spacial score (nSPS) is 18.4. The van der Waals surface area contributed by atoms with Gasteiger partial charge in [-0.3, -0.25) is 4.79 Å². The lowest BCUT2D eigenvalue weighted by Gasteiger charge is -2.33. The van der Waals surface area contributed by atoms with E-state index in [0.29, 0.717) is 16.3 Å². The molecule has 156 valence electrons. The van der Waals surface area contributed by atoms with Gasteiger partial charge in [-0.2, -0.15) is 18.3 Å². The van der Waals surface area contributed by atoms with Crippen LogP contribution < -0.4 is 10.6 Å². The van der Waals surface area contributed by atoms with Crippen molar-refractivity contribution in [3.8, 4) is 0 Å². The monoisotopic (exact) mass is 498 g/mol. The van der Waals surface area contributed by atoms with Crippen LogP contribution in [0.4, 0.5) is 24.7 Å². The number of nitrogens with zero attached hydrogens (tertiary/aromatic N) is 2. The number of halogens is 5. The highest BCUT2D eigenvalue weighted by atomic mass is 79.9. The first kappa shape index (κ1) is 20.7. The fraction of sp³-hybridized carbons (Fsp3) is 0.200. The second kappa shape index (κ2) is 7.96. The Morgan fingerprint density at radius 1 is 1.20 bits per heavy atom. The second-order valence-corrected chi connectivity index (χ2v) is 8.22. The summed E-state index contributed by atoms with van der Waals surface area (Å²) in [5.74, 6) is -0.491. The number of fused-ring (bicyclic) bond motifs is 1. The number of rotatable bonds is 3. The minimum Gasteiger partial charge on any atom is -0.363 e. The highest BCUT2D eigenvalue weighted by Gasteiger charge is 2.46. The van der Waals surface area contributed by atoms with Crippen molar-refractivity contribution >= 4 is 44.9 Å². The third kappa shape index (κ3) is 4.32. The second-order valence-electron chi connectivity index (χ2n) is 6.87. The first-order valence-electron chi connectivity index (χ1n) is 8.96. The van der Waals surface area contributed by atoms with E-state index in [4.69, 9.17) is 11.6 Å². The summed E-state index contributed by atoms with van der Waals surface area (Å²) < 4.78 is 43.0. The molecule has 0 bridgehead atoms. The molecule has 1 amide bonds. The van der Waals surface area contributed by atoms with E-state index in [9.17, 15) is 18.0 Å². The Morgan fingerprint density at radius 2 is 1.93 bits per heavy atom. The minimum atomic E-state index is -4.52. The lowest BCUT2D eigenvalue weighted by Crippen LogP contribution is -2.35. The summed E-state index contributed by atoms with van der Waals surface area (Å²) in [4.78, 5) is 12.5. The van der Waals surface area contributed by atoms with Crippen LogP contribution in [0.15, 0.2) is 59.1 Å². The smallest absolute Gasteiger partial charge is 0.363 e. The zero-order chi connectivity index (χ0) is 21.5. The lowest BCUT2D eigenvalue weighted by molar-refractivity contribution is -0.173. The number of hydrogen-bond donors (Lipinski definition) is 2. The van der Waals surface area contributed by atoms with Crippen LogP contribution in [0, 0.1) is 0 Å². The fourth-order valence-electron chi connectivity index (χ4n) is 3.36. The van der Waals surface area contributed by atoms with E-state index in [1.807, 2.05) is 0 Å². The standard InChI is InChI=1S/C20H15BrClF3N4O/c21-12-6-4-11(5-7-12)15-9-17(20(23,24)25)29-18(27-15)10-16(28-29)19(30)26-14-3-1-2-13(22)8-14/h1-8,10,15,17,27H,9H2,(H,26,30)/t15-,17+/m1/s1. The average Bonchev–Trinajstić information content (AvgIpc) is 3.11. The molecule has 2 N–H and O–H groups in total. The predicted molar refractivity (Wildman–Crippen MR) is 112 cm³/mol. The van der Waals surface area contributed by atoms with Crippen molar-refractivity contribution in [2.45, 2.75) is 24.7 Å². The Hall–Kier alpha value is -2.52. The zero-order valence-electron chi connectivity index (χ0n) is 15.3. The summed E-state index contributed by atoms with van der Waals surface area (Å²) in [6.45, 7) is 0. The number of anilines is 2. The molecule has 1 aliphatic rings. The Morgan fingerprint density at radius 3 is 2.60 bits per heavy atom. The Balaban J connectivity index is 1.64. The van der Waals surface area contributed by atoms with E-state index in [2.05, 4.69) is 31.7 Å². The molecule has 2 heterocycles. The van der Waals surface area contributed by atoms with E-state index in [1.165, 1.54) is 12.1 Å². The highest BCUT2D eigenvalue weighted by molar-refractivity contribution is 9.10. The summed E-state index contributed by atoms with van der Waals surface area (Å²) in [5.41, 5.74) is 1.01. The molecular formula is C20H15BrClF3N4O. The molecule has 1 aromatic heterocycles. The molecule has 5 nitrogen and oxygen atoms in total. The molecule has 30 heavy (non-hydrogen) atoms. The van der Waals surface area contributed by atoms with Gasteiger partial charge in [0.25, 0.3) is 5.91 Å². The molecule has 0 fully saturated rings. The van der Waals surface area contributed by atoms with Crippen molar-refractivity contribution in [1.82, 2.24) is 9.78 Å². The SMILES string of the molecule is O=C(Nc1cccc(Cl)c1)c1cc2n(n1)[C@H](C(F)(F)F)C[C@H](c1ccc(Br)cc1)N2. The van der Waals surface area contributed by atoms with Gasteiger partial charge >= 0.3 is 6.18 Å². The van der Waals surface area contributed by atoms with E-state index in [-0.39, 0.29) is 17.9 Å². The minimum absolute atomic E-state index is 0.122. The molecule has 2 aromatic carbocycles. The Kier molecular flexibility index (Phi) is 5.50. The molecule has 0 saturated carbocycles. The van der Waals surface area contributed by atoms with Gasteiger partial charge in [0.15, 0.2) is 11.7 Å². The summed E-state index contributed by atoms with van der Waals surface area (Å²) in [5, 5.41) is 10.0. The van der Waals surface area contributed by atoms with Gasteiger partial charge in [-0.25, -0.2) is 4.68 Å². The molecule has 0 aliphatic carbocycles. The number of nitrogens with one attached hydrogen (secondary N) is 2. The fourth-order valence-corrected chi connectivity index (χ4v) is 3.81. The maximum atomic E-state index is 13.8. The lowest BCUT2D eigenvalue weighted by atomic mass is 9.97. The molecule has 10 heteroatoms. The number of carbonyl (C=O) groups excluding carboxylic acids is 1. The topological polar surface area (TPSA) is 59.0 Å². The number of aromatic nitrogens is 2. The maximum absolute atomic E-state index is 13.8. The predicted octanol–water partition coefficient (Wildman–Crippen LogP) is 6.21. The zero-order valence-corrected chi connectivity index (χ0v) is 17.6. The van der Waals surface area contributed by atoms with Crippen molar-refractivity contribution in [2.75, 3.05) is 10.6 Å². The molecule has 0 spiro atoms. The van der Waals surface area contributed by atoms with Crippen LogP contribution in [0.5, 0.6) is 0 Å². The van der Waals surface area contributed by atoms with Gasteiger partial charge in [0.1, 0.15) is 5.82 Å². The van der Waals surface area contributed by atoms with Gasteiger partial charge in [-0.05, 0) is 35.9 Å². The summed E-state index contributed by atoms with van der Waals surface area (Å²) in [7, 11) is 0. The van der Waals surface area contributed by atoms with Crippen LogP contribution in [0.2, 0.25) is 5.02 Å². The molecular weight excluding hydrogens is 485 g/mol. The maximum Gasteiger partial charge on any atom is 0.410 e. The first-order chi connectivity index (χ1) is 14.2. The van der Waals surface area contributed by atoms with Crippen LogP contribution in [0.1, 0.15) is 34.6 Å². The number of amides is 1. The van der Waals surface area contributed by atoms with Gasteiger partial charge in [0.05, 0.1) is 6.04 Å². The van der Waals surface area contributed by atoms with Crippen molar-refractivity contribution in [3.05, 3.63) is 75.4 Å². The van der Waals surface area contributed by atoms with Crippen molar-refractivity contribution in [3.63, 3.8) is 0 Å². The van der Waals surface area contributed by atoms with Gasteiger partial charge in [0.2, 0.25) is 0 Å². The van der Waals surface area contributed by atoms with E-state index >= 15 is 0 Å². The summed E-state index contributed by atoms with van der Waals surface area (Å²) >= 11 is 9.22. The van der Waals surface area contributed by atoms with Gasteiger partial charge < -0.3 is 10.6 Å². The molecule has 2 atom stereocenters. The van der Waals surface area contributed by atoms with Gasteiger partial charge in [0, 0.05) is 27.7 Å². The average molecular weight is 500 g/mol. The summed E-state index contributed by atoms with van der Waals surface area (Å²) in [6, 6.07) is 12.4. The Bertz CT molecular complexity index is 1080. The van der Waals surface area contributed by atoms with Crippen molar-refractivity contribution in [1.29, 1.82) is 0 Å². The highest BCUT2D eigenvalue weighted by Crippen LogP contribution is 2.43. The Labute approximate surface area is 183 Å². The van der Waals surface area contributed by atoms with Gasteiger partial charge in [-0.15, -0.1) is 0 Å². The summed E-state index contributed by atoms with van der Waals surface area (Å²) in [6.07, 6.45) is -4.76. The van der Waals surface area contributed by atoms with Gasteiger partial charge in [-0.1, -0.05) is 45.7 Å². The third-order valence-corrected chi connectivity index (χ3v) is 5.54. The molecule has 1 aliphatic heterocycles. The molecule has 4 rings (SSSR count). The molecule has 0 saturated heterocycles. The van der Waals surface area contributed by atoms with E-state index in [0.717, 1.165) is 9.15 Å². The van der Waals surface area contributed by atoms with Crippen molar-refractivity contribution in [2.24, 2.45) is 0 Å².